The van der Waals surface area contributed by atoms with Gasteiger partial charge in [0.25, 0.3) is 5.78 Å². The zero-order chi connectivity index (χ0) is 18.1. The van der Waals surface area contributed by atoms with Crippen LogP contribution in [0.15, 0.2) is 36.7 Å². The maximum Gasteiger partial charge on any atom is 0.252 e. The highest BCUT2D eigenvalue weighted by molar-refractivity contribution is 6.36. The van der Waals surface area contributed by atoms with Gasteiger partial charge in [-0.15, -0.1) is 5.10 Å². The number of carbonyl (C=O) groups is 1. The molecule has 1 aliphatic heterocycles. The topological polar surface area (TPSA) is 75.4 Å². The lowest BCUT2D eigenvalue weighted by Crippen LogP contribution is -2.38. The summed E-state index contributed by atoms with van der Waals surface area (Å²) in [6, 6.07) is 7.28. The summed E-state index contributed by atoms with van der Waals surface area (Å²) in [5.41, 5.74) is 0.931. The van der Waals surface area contributed by atoms with Crippen LogP contribution in [0.3, 0.4) is 0 Å². The molecule has 3 heterocycles. The molecule has 1 aromatic carbocycles. The minimum Gasteiger partial charge on any atom is -0.368 e. The van der Waals surface area contributed by atoms with Crippen molar-refractivity contribution in [2.45, 2.75) is 18.9 Å². The molecule has 1 fully saturated rings. The number of benzene rings is 1. The van der Waals surface area contributed by atoms with Crippen LogP contribution in [0.2, 0.25) is 10.0 Å². The van der Waals surface area contributed by atoms with E-state index < -0.39 is 0 Å². The summed E-state index contributed by atoms with van der Waals surface area (Å²) in [6.07, 6.45) is 4.37. The minimum atomic E-state index is -0.102. The van der Waals surface area contributed by atoms with E-state index in [9.17, 15) is 4.79 Å². The van der Waals surface area contributed by atoms with E-state index in [1.54, 1.807) is 29.0 Å². The van der Waals surface area contributed by atoms with Crippen molar-refractivity contribution >= 4 is 40.6 Å². The molecule has 9 heteroatoms. The normalized spacial score (nSPS) is 17.0. The van der Waals surface area contributed by atoms with E-state index in [0.29, 0.717) is 28.2 Å². The van der Waals surface area contributed by atoms with Crippen molar-refractivity contribution in [3.05, 3.63) is 52.5 Å². The first kappa shape index (κ1) is 17.1. The number of aromatic nitrogens is 4. The zero-order valence-electron chi connectivity index (χ0n) is 13.8. The lowest BCUT2D eigenvalue weighted by molar-refractivity contribution is -0.121. The van der Waals surface area contributed by atoms with Crippen molar-refractivity contribution in [1.82, 2.24) is 24.9 Å². The van der Waals surface area contributed by atoms with E-state index in [-0.39, 0.29) is 18.4 Å². The molecule has 26 heavy (non-hydrogen) atoms. The summed E-state index contributed by atoms with van der Waals surface area (Å²) in [6.45, 7) is 1.52. The van der Waals surface area contributed by atoms with Gasteiger partial charge >= 0.3 is 0 Å². The van der Waals surface area contributed by atoms with Crippen molar-refractivity contribution in [1.29, 1.82) is 0 Å². The van der Waals surface area contributed by atoms with Crippen LogP contribution in [0.4, 0.5) is 5.69 Å². The lowest BCUT2D eigenvalue weighted by Gasteiger charge is -2.20. The van der Waals surface area contributed by atoms with Gasteiger partial charge in [-0.2, -0.15) is 4.98 Å². The molecule has 2 aromatic heterocycles. The van der Waals surface area contributed by atoms with Crippen LogP contribution in [0, 0.1) is 0 Å². The van der Waals surface area contributed by atoms with Gasteiger partial charge in [-0.3, -0.25) is 4.79 Å². The van der Waals surface area contributed by atoms with E-state index in [4.69, 9.17) is 23.2 Å². The Morgan fingerprint density at radius 3 is 3.04 bits per heavy atom. The predicted molar refractivity (Wildman–Crippen MR) is 99.7 cm³/mol. The Morgan fingerprint density at radius 1 is 1.35 bits per heavy atom. The summed E-state index contributed by atoms with van der Waals surface area (Å²) in [5, 5.41) is 8.52. The Bertz CT molecular complexity index is 926. The number of halogens is 2. The van der Waals surface area contributed by atoms with E-state index in [1.165, 1.54) is 0 Å². The zero-order valence-corrected chi connectivity index (χ0v) is 15.3. The molecule has 0 aliphatic carbocycles. The first-order valence-corrected chi connectivity index (χ1v) is 9.00. The quantitative estimate of drug-likeness (QED) is 0.739. The smallest absolute Gasteiger partial charge is 0.252 e. The highest BCUT2D eigenvalue weighted by Crippen LogP contribution is 2.31. The lowest BCUT2D eigenvalue weighted by atomic mass is 10.2. The fraction of sp³-hybridized carbons (Fsp3) is 0.294. The van der Waals surface area contributed by atoms with Gasteiger partial charge in [0.05, 0.1) is 17.1 Å². The van der Waals surface area contributed by atoms with Gasteiger partial charge in [-0.1, -0.05) is 23.2 Å². The van der Waals surface area contributed by atoms with Crippen molar-refractivity contribution in [2.75, 3.05) is 18.0 Å². The Kier molecular flexibility index (Phi) is 4.65. The van der Waals surface area contributed by atoms with Crippen LogP contribution >= 0.6 is 23.2 Å². The van der Waals surface area contributed by atoms with Crippen LogP contribution in [0.5, 0.6) is 0 Å². The number of nitrogens with one attached hydrogen (secondary N) is 1. The van der Waals surface area contributed by atoms with Crippen LogP contribution in [-0.4, -0.2) is 44.6 Å². The fourth-order valence-corrected chi connectivity index (χ4v) is 3.64. The summed E-state index contributed by atoms with van der Waals surface area (Å²) >= 11 is 12.2. The predicted octanol–water partition coefficient (Wildman–Crippen LogP) is 2.37. The number of fused-ring (bicyclic) bond motifs is 1. The second kappa shape index (κ2) is 7.09. The molecule has 4 rings (SSSR count). The van der Waals surface area contributed by atoms with E-state index in [2.05, 4.69) is 25.3 Å². The van der Waals surface area contributed by atoms with Crippen molar-refractivity contribution in [2.24, 2.45) is 0 Å². The molecule has 7 nitrogen and oxygen atoms in total. The summed E-state index contributed by atoms with van der Waals surface area (Å²) in [7, 11) is 0. The molecule has 0 unspecified atom stereocenters. The number of carbonyl (C=O) groups excluding carboxylic acids is 1. The van der Waals surface area contributed by atoms with Crippen molar-refractivity contribution in [3.63, 3.8) is 0 Å². The van der Waals surface area contributed by atoms with Gasteiger partial charge in [0.2, 0.25) is 5.91 Å². The largest absolute Gasteiger partial charge is 0.368 e. The molecule has 0 radical (unpaired) electrons. The third-order valence-corrected chi connectivity index (χ3v) is 4.82. The van der Waals surface area contributed by atoms with Gasteiger partial charge in [0, 0.05) is 36.5 Å². The third kappa shape index (κ3) is 3.59. The second-order valence-electron chi connectivity index (χ2n) is 6.16. The van der Waals surface area contributed by atoms with Gasteiger partial charge < -0.3 is 10.2 Å². The first-order chi connectivity index (χ1) is 12.6. The number of amides is 1. The number of hydrogen-bond donors (Lipinski definition) is 1. The van der Waals surface area contributed by atoms with E-state index >= 15 is 0 Å². The Labute approximate surface area is 159 Å². The number of hydrogen-bond acceptors (Lipinski definition) is 5. The molecule has 0 spiro atoms. The highest BCUT2D eigenvalue weighted by atomic mass is 35.5. The second-order valence-corrected chi connectivity index (χ2v) is 7.01. The molecule has 1 aliphatic rings. The van der Waals surface area contributed by atoms with Gasteiger partial charge in [0.1, 0.15) is 0 Å². The molecule has 134 valence electrons. The van der Waals surface area contributed by atoms with Crippen LogP contribution < -0.4 is 10.2 Å². The minimum absolute atomic E-state index is 0.0596. The molecule has 0 bridgehead atoms. The average molecular weight is 391 g/mol. The van der Waals surface area contributed by atoms with E-state index in [1.807, 2.05) is 12.1 Å². The standard InChI is InChI=1S/C17H16Cl2N6O/c18-11-2-3-14(13(19)8-11)24-7-4-12(10-24)21-16(26)9-15-22-17-20-5-1-6-25(17)23-15/h1-3,5-6,8,12H,4,7,9-10H2,(H,21,26)/t12-/m1/s1. The van der Waals surface area contributed by atoms with E-state index in [0.717, 1.165) is 18.7 Å². The monoisotopic (exact) mass is 390 g/mol. The van der Waals surface area contributed by atoms with Crippen molar-refractivity contribution < 1.29 is 4.79 Å². The van der Waals surface area contributed by atoms with Gasteiger partial charge in [0.15, 0.2) is 5.82 Å². The number of anilines is 1. The number of nitrogens with zero attached hydrogens (tertiary/aromatic N) is 5. The average Bonchev–Trinajstić information content (AvgIpc) is 3.20. The van der Waals surface area contributed by atoms with Gasteiger partial charge in [-0.05, 0) is 30.7 Å². The Balaban J connectivity index is 1.36. The maximum absolute atomic E-state index is 12.3. The molecule has 1 saturated heterocycles. The molecule has 1 N–H and O–H groups in total. The summed E-state index contributed by atoms with van der Waals surface area (Å²) in [5.74, 6) is 0.839. The summed E-state index contributed by atoms with van der Waals surface area (Å²) < 4.78 is 1.56. The first-order valence-electron chi connectivity index (χ1n) is 8.24. The molecule has 0 saturated carbocycles. The maximum atomic E-state index is 12.3. The molecular formula is C17H16Cl2N6O. The highest BCUT2D eigenvalue weighted by Gasteiger charge is 2.25. The molecule has 1 amide bonds. The van der Waals surface area contributed by atoms with Crippen LogP contribution in [0.25, 0.3) is 5.78 Å². The molecular weight excluding hydrogens is 375 g/mol. The van der Waals surface area contributed by atoms with Crippen LogP contribution in [0.1, 0.15) is 12.2 Å². The van der Waals surface area contributed by atoms with Crippen LogP contribution in [-0.2, 0) is 11.2 Å². The summed E-state index contributed by atoms with van der Waals surface area (Å²) in [4.78, 5) is 22.8. The van der Waals surface area contributed by atoms with Crippen molar-refractivity contribution in [3.8, 4) is 0 Å². The van der Waals surface area contributed by atoms with Gasteiger partial charge in [-0.25, -0.2) is 9.50 Å². The molecule has 1 atom stereocenters. The third-order valence-electron chi connectivity index (χ3n) is 4.28. The SMILES string of the molecule is O=C(Cc1nc2ncccn2n1)N[C@@H]1CCN(c2ccc(Cl)cc2Cl)C1. The Hall–Kier alpha value is -2.38. The Morgan fingerprint density at radius 2 is 2.23 bits per heavy atom. The molecule has 3 aromatic rings. The fourth-order valence-electron chi connectivity index (χ4n) is 3.11. The number of rotatable bonds is 4.